The lowest BCUT2D eigenvalue weighted by atomic mass is 10.1. The molecule has 0 aliphatic heterocycles. The fraction of sp³-hybridized carbons (Fsp3) is 0.455. The Labute approximate surface area is 110 Å². The summed E-state index contributed by atoms with van der Waals surface area (Å²) in [6.45, 7) is 1.43. The van der Waals surface area contributed by atoms with Gasteiger partial charge in [0.25, 0.3) is 0 Å². The topological polar surface area (TPSA) is 63.6 Å². The molecule has 0 spiro atoms. The summed E-state index contributed by atoms with van der Waals surface area (Å²) >= 11 is 3.07. The standard InChI is InChI=1S/C11H15BrO4S/c1-11(12,17(3,14)15)10(13)8-4-6-9(16-2)7-5-8/h4-7,10,13H,1-3H3/t10-,11+/m1/s1. The molecule has 1 rings (SSSR count). The van der Waals surface area contributed by atoms with Gasteiger partial charge in [-0.15, -0.1) is 0 Å². The predicted octanol–water partition coefficient (Wildman–Crippen LogP) is 1.88. The average Bonchev–Trinajstić information content (AvgIpc) is 2.26. The van der Waals surface area contributed by atoms with E-state index < -0.39 is 19.6 Å². The number of ether oxygens (including phenoxy) is 1. The first-order valence-electron chi connectivity index (χ1n) is 4.90. The lowest BCUT2D eigenvalue weighted by Gasteiger charge is -2.26. The summed E-state index contributed by atoms with van der Waals surface area (Å²) in [7, 11) is -1.89. The minimum Gasteiger partial charge on any atom is -0.497 e. The Morgan fingerprint density at radius 3 is 2.18 bits per heavy atom. The molecule has 0 amide bonds. The van der Waals surface area contributed by atoms with Crippen LogP contribution in [0, 0.1) is 0 Å². The summed E-state index contributed by atoms with van der Waals surface area (Å²) in [5.41, 5.74) is 0.510. The minimum atomic E-state index is -3.43. The molecular formula is C11H15BrO4S. The van der Waals surface area contributed by atoms with Crippen LogP contribution in [0.25, 0.3) is 0 Å². The number of hydrogen-bond donors (Lipinski definition) is 1. The van der Waals surface area contributed by atoms with Gasteiger partial charge in [0.15, 0.2) is 13.5 Å². The van der Waals surface area contributed by atoms with Gasteiger partial charge in [-0.2, -0.15) is 0 Å². The second-order valence-electron chi connectivity index (χ2n) is 3.93. The summed E-state index contributed by atoms with van der Waals surface area (Å²) in [4.78, 5) is 0. The zero-order valence-electron chi connectivity index (χ0n) is 9.84. The van der Waals surface area contributed by atoms with Crippen LogP contribution in [0.5, 0.6) is 5.75 Å². The monoisotopic (exact) mass is 322 g/mol. The zero-order chi connectivity index (χ0) is 13.3. The molecule has 0 aliphatic rings. The van der Waals surface area contributed by atoms with Gasteiger partial charge in [-0.25, -0.2) is 8.42 Å². The maximum absolute atomic E-state index is 11.6. The van der Waals surface area contributed by atoms with Gasteiger partial charge in [0.1, 0.15) is 11.9 Å². The summed E-state index contributed by atoms with van der Waals surface area (Å²) in [6, 6.07) is 6.61. The molecule has 0 unspecified atom stereocenters. The Hall–Kier alpha value is -0.590. The highest BCUT2D eigenvalue weighted by atomic mass is 79.9. The molecule has 2 atom stereocenters. The Morgan fingerprint density at radius 2 is 1.82 bits per heavy atom. The van der Waals surface area contributed by atoms with Crippen LogP contribution in [-0.2, 0) is 9.84 Å². The van der Waals surface area contributed by atoms with E-state index in [1.165, 1.54) is 14.0 Å². The first kappa shape index (κ1) is 14.5. The number of hydrogen-bond acceptors (Lipinski definition) is 4. The van der Waals surface area contributed by atoms with Crippen LogP contribution in [0.15, 0.2) is 24.3 Å². The quantitative estimate of drug-likeness (QED) is 0.860. The van der Waals surface area contributed by atoms with E-state index in [0.717, 1.165) is 6.26 Å². The van der Waals surface area contributed by atoms with Crippen molar-refractivity contribution in [2.75, 3.05) is 13.4 Å². The van der Waals surface area contributed by atoms with Crippen LogP contribution in [0.2, 0.25) is 0 Å². The van der Waals surface area contributed by atoms with Crippen LogP contribution >= 0.6 is 15.9 Å². The number of benzene rings is 1. The fourth-order valence-electron chi connectivity index (χ4n) is 1.29. The minimum absolute atomic E-state index is 0.510. The van der Waals surface area contributed by atoms with E-state index in [0.29, 0.717) is 11.3 Å². The van der Waals surface area contributed by atoms with Crippen LogP contribution in [-0.4, -0.2) is 30.5 Å². The van der Waals surface area contributed by atoms with Gasteiger partial charge in [0, 0.05) is 6.26 Å². The van der Waals surface area contributed by atoms with Crippen molar-refractivity contribution in [3.63, 3.8) is 0 Å². The van der Waals surface area contributed by atoms with E-state index in [9.17, 15) is 13.5 Å². The van der Waals surface area contributed by atoms with E-state index in [4.69, 9.17) is 4.74 Å². The molecule has 1 aromatic rings. The van der Waals surface area contributed by atoms with Crippen molar-refractivity contribution in [3.05, 3.63) is 29.8 Å². The van der Waals surface area contributed by atoms with Crippen molar-refractivity contribution in [1.29, 1.82) is 0 Å². The SMILES string of the molecule is COc1ccc([C@@H](O)[C@@](C)(Br)S(C)(=O)=O)cc1. The summed E-state index contributed by atoms with van der Waals surface area (Å²) < 4.78 is 26.7. The summed E-state index contributed by atoms with van der Waals surface area (Å²) in [6.07, 6.45) is -0.0718. The van der Waals surface area contributed by atoms with Gasteiger partial charge in [0.2, 0.25) is 0 Å². The first-order chi connectivity index (χ1) is 7.70. The Morgan fingerprint density at radius 1 is 1.35 bits per heavy atom. The zero-order valence-corrected chi connectivity index (χ0v) is 12.2. The molecule has 0 aliphatic carbocycles. The predicted molar refractivity (Wildman–Crippen MR) is 70.1 cm³/mol. The van der Waals surface area contributed by atoms with Crippen molar-refractivity contribution >= 4 is 25.8 Å². The third-order valence-corrected chi connectivity index (χ3v) is 6.52. The van der Waals surface area contributed by atoms with Gasteiger partial charge >= 0.3 is 0 Å². The van der Waals surface area contributed by atoms with Crippen LogP contribution in [0.1, 0.15) is 18.6 Å². The van der Waals surface area contributed by atoms with E-state index in [-0.39, 0.29) is 0 Å². The summed E-state index contributed by atoms with van der Waals surface area (Å²) in [5.74, 6) is 0.650. The second kappa shape index (κ2) is 4.96. The third-order valence-electron chi connectivity index (χ3n) is 2.64. The fourth-order valence-corrected chi connectivity index (χ4v) is 2.09. The molecule has 1 N–H and O–H groups in total. The third kappa shape index (κ3) is 3.00. The van der Waals surface area contributed by atoms with Crippen molar-refractivity contribution in [3.8, 4) is 5.75 Å². The van der Waals surface area contributed by atoms with Gasteiger partial charge in [0.05, 0.1) is 7.11 Å². The number of methoxy groups -OCH3 is 1. The highest BCUT2D eigenvalue weighted by molar-refractivity contribution is 9.11. The second-order valence-corrected chi connectivity index (χ2v) is 8.50. The number of aliphatic hydroxyl groups excluding tert-OH is 1. The van der Waals surface area contributed by atoms with Crippen molar-refractivity contribution < 1.29 is 18.3 Å². The van der Waals surface area contributed by atoms with Crippen molar-refractivity contribution in [2.24, 2.45) is 0 Å². The molecule has 6 heteroatoms. The molecule has 0 heterocycles. The molecular weight excluding hydrogens is 308 g/mol. The number of halogens is 1. The van der Waals surface area contributed by atoms with E-state index >= 15 is 0 Å². The maximum atomic E-state index is 11.6. The Balaban J connectivity index is 3.08. The van der Waals surface area contributed by atoms with E-state index in [1.54, 1.807) is 24.3 Å². The molecule has 0 saturated heterocycles. The molecule has 0 aromatic heterocycles. The largest absolute Gasteiger partial charge is 0.497 e. The molecule has 0 fully saturated rings. The first-order valence-corrected chi connectivity index (χ1v) is 7.59. The van der Waals surface area contributed by atoms with Gasteiger partial charge in [-0.05, 0) is 24.6 Å². The molecule has 17 heavy (non-hydrogen) atoms. The van der Waals surface area contributed by atoms with E-state index in [1.807, 2.05) is 0 Å². The number of rotatable bonds is 4. The number of alkyl halides is 1. The number of aliphatic hydroxyl groups is 1. The highest BCUT2D eigenvalue weighted by Crippen LogP contribution is 2.38. The lowest BCUT2D eigenvalue weighted by Crippen LogP contribution is -2.34. The smallest absolute Gasteiger partial charge is 0.165 e. The number of sulfone groups is 1. The van der Waals surface area contributed by atoms with Gasteiger partial charge < -0.3 is 9.84 Å². The van der Waals surface area contributed by atoms with Crippen molar-refractivity contribution in [1.82, 2.24) is 0 Å². The van der Waals surface area contributed by atoms with Gasteiger partial charge in [-0.1, -0.05) is 28.1 Å². The highest BCUT2D eigenvalue weighted by Gasteiger charge is 2.41. The van der Waals surface area contributed by atoms with Crippen LogP contribution in [0.3, 0.4) is 0 Å². The molecule has 0 bridgehead atoms. The Bertz CT molecular complexity index is 479. The molecule has 0 saturated carbocycles. The average molecular weight is 323 g/mol. The molecule has 4 nitrogen and oxygen atoms in total. The normalized spacial score (nSPS) is 17.2. The Kier molecular flexibility index (Phi) is 4.22. The van der Waals surface area contributed by atoms with Crippen LogP contribution < -0.4 is 4.74 Å². The summed E-state index contributed by atoms with van der Waals surface area (Å²) in [5, 5.41) is 10.1. The van der Waals surface area contributed by atoms with Gasteiger partial charge in [-0.3, -0.25) is 0 Å². The molecule has 0 radical (unpaired) electrons. The molecule has 1 aromatic carbocycles. The van der Waals surface area contributed by atoms with Crippen molar-refractivity contribution in [2.45, 2.75) is 16.7 Å². The maximum Gasteiger partial charge on any atom is 0.165 e. The lowest BCUT2D eigenvalue weighted by molar-refractivity contribution is 0.168. The van der Waals surface area contributed by atoms with E-state index in [2.05, 4.69) is 15.9 Å². The molecule has 96 valence electrons. The van der Waals surface area contributed by atoms with Crippen LogP contribution in [0.4, 0.5) is 0 Å².